The van der Waals surface area contributed by atoms with Gasteiger partial charge in [0.1, 0.15) is 0 Å². The highest BCUT2D eigenvalue weighted by atomic mass is 16.3. The SMILES string of the molecule is CCC(O)C(C)c1cc(C)nc2ccccc12. The Bertz CT molecular complexity index is 521. The molecule has 1 N–H and O–H groups in total. The lowest BCUT2D eigenvalue weighted by Crippen LogP contribution is -2.15. The molecular formula is C15H19NO. The van der Waals surface area contributed by atoms with Crippen molar-refractivity contribution in [1.29, 1.82) is 0 Å². The van der Waals surface area contributed by atoms with E-state index in [0.717, 1.165) is 23.0 Å². The fourth-order valence-electron chi connectivity index (χ4n) is 2.28. The fraction of sp³-hybridized carbons (Fsp3) is 0.400. The molecule has 2 nitrogen and oxygen atoms in total. The Balaban J connectivity index is 2.59. The van der Waals surface area contributed by atoms with Crippen LogP contribution in [0.1, 0.15) is 37.4 Å². The number of aliphatic hydroxyl groups excluding tert-OH is 1. The molecule has 1 aromatic carbocycles. The molecular weight excluding hydrogens is 210 g/mol. The van der Waals surface area contributed by atoms with E-state index >= 15 is 0 Å². The van der Waals surface area contributed by atoms with E-state index in [2.05, 4.69) is 24.0 Å². The van der Waals surface area contributed by atoms with E-state index in [1.165, 1.54) is 5.56 Å². The Morgan fingerprint density at radius 2 is 2.00 bits per heavy atom. The number of pyridine rings is 1. The second kappa shape index (κ2) is 4.84. The quantitative estimate of drug-likeness (QED) is 0.874. The number of hydrogen-bond acceptors (Lipinski definition) is 2. The molecule has 0 saturated carbocycles. The van der Waals surface area contributed by atoms with Crippen molar-refractivity contribution in [3.8, 4) is 0 Å². The molecule has 0 aliphatic rings. The standard InChI is InChI=1S/C15H19NO/c1-4-15(17)11(3)13-9-10(2)16-14-8-6-5-7-12(13)14/h5-9,11,15,17H,4H2,1-3H3. The van der Waals surface area contributed by atoms with Gasteiger partial charge in [0.05, 0.1) is 11.6 Å². The molecule has 0 saturated heterocycles. The Kier molecular flexibility index (Phi) is 3.43. The maximum atomic E-state index is 10.0. The van der Waals surface area contributed by atoms with Crippen molar-refractivity contribution >= 4 is 10.9 Å². The van der Waals surface area contributed by atoms with Crippen LogP contribution in [0.15, 0.2) is 30.3 Å². The van der Waals surface area contributed by atoms with Crippen molar-refractivity contribution in [2.24, 2.45) is 0 Å². The largest absolute Gasteiger partial charge is 0.393 e. The lowest BCUT2D eigenvalue weighted by atomic mass is 9.91. The average molecular weight is 229 g/mol. The first-order valence-electron chi connectivity index (χ1n) is 6.17. The molecule has 0 spiro atoms. The third-order valence-electron chi connectivity index (χ3n) is 3.36. The number of aromatic nitrogens is 1. The van der Waals surface area contributed by atoms with Crippen molar-refractivity contribution in [3.63, 3.8) is 0 Å². The zero-order valence-electron chi connectivity index (χ0n) is 10.6. The second-order valence-electron chi connectivity index (χ2n) is 4.63. The highest BCUT2D eigenvalue weighted by Gasteiger charge is 2.17. The number of aryl methyl sites for hydroxylation is 1. The molecule has 17 heavy (non-hydrogen) atoms. The van der Waals surface area contributed by atoms with Gasteiger partial charge in [-0.3, -0.25) is 4.98 Å². The van der Waals surface area contributed by atoms with Crippen molar-refractivity contribution in [3.05, 3.63) is 41.6 Å². The second-order valence-corrected chi connectivity index (χ2v) is 4.63. The van der Waals surface area contributed by atoms with E-state index in [1.54, 1.807) is 0 Å². The fourth-order valence-corrected chi connectivity index (χ4v) is 2.28. The van der Waals surface area contributed by atoms with Gasteiger partial charge in [0.2, 0.25) is 0 Å². The van der Waals surface area contributed by atoms with Crippen LogP contribution in [-0.4, -0.2) is 16.2 Å². The summed E-state index contributed by atoms with van der Waals surface area (Å²) in [5.41, 5.74) is 3.22. The number of rotatable bonds is 3. The minimum absolute atomic E-state index is 0.145. The van der Waals surface area contributed by atoms with Crippen LogP contribution in [0, 0.1) is 6.92 Å². The summed E-state index contributed by atoms with van der Waals surface area (Å²) in [6, 6.07) is 10.2. The molecule has 0 aliphatic carbocycles. The molecule has 0 bridgehead atoms. The van der Waals surface area contributed by atoms with Gasteiger partial charge in [-0.05, 0) is 31.0 Å². The third-order valence-corrected chi connectivity index (χ3v) is 3.36. The summed E-state index contributed by atoms with van der Waals surface area (Å²) in [4.78, 5) is 4.52. The van der Waals surface area contributed by atoms with Gasteiger partial charge in [-0.25, -0.2) is 0 Å². The molecule has 2 aromatic rings. The number of nitrogens with zero attached hydrogens (tertiary/aromatic N) is 1. The van der Waals surface area contributed by atoms with Gasteiger partial charge in [-0.2, -0.15) is 0 Å². The summed E-state index contributed by atoms with van der Waals surface area (Å²) >= 11 is 0. The Morgan fingerprint density at radius 3 is 2.71 bits per heavy atom. The third kappa shape index (κ3) is 2.32. The molecule has 2 unspecified atom stereocenters. The maximum Gasteiger partial charge on any atom is 0.0708 e. The zero-order valence-corrected chi connectivity index (χ0v) is 10.6. The molecule has 1 heterocycles. The van der Waals surface area contributed by atoms with E-state index in [1.807, 2.05) is 32.0 Å². The Hall–Kier alpha value is -1.41. The smallest absolute Gasteiger partial charge is 0.0708 e. The predicted molar refractivity (Wildman–Crippen MR) is 71.2 cm³/mol. The van der Waals surface area contributed by atoms with Crippen LogP contribution in [0.2, 0.25) is 0 Å². The van der Waals surface area contributed by atoms with Gasteiger partial charge < -0.3 is 5.11 Å². The van der Waals surface area contributed by atoms with E-state index in [0.29, 0.717) is 0 Å². The lowest BCUT2D eigenvalue weighted by Gasteiger charge is -2.19. The summed E-state index contributed by atoms with van der Waals surface area (Å²) in [5, 5.41) is 11.2. The summed E-state index contributed by atoms with van der Waals surface area (Å²) in [6.07, 6.45) is 0.483. The Morgan fingerprint density at radius 1 is 1.29 bits per heavy atom. The average Bonchev–Trinajstić information content (AvgIpc) is 2.35. The number of benzene rings is 1. The van der Waals surface area contributed by atoms with E-state index in [9.17, 15) is 5.11 Å². The first-order chi connectivity index (χ1) is 8.13. The van der Waals surface area contributed by atoms with Crippen LogP contribution in [0.4, 0.5) is 0 Å². The molecule has 1 aromatic heterocycles. The highest BCUT2D eigenvalue weighted by molar-refractivity contribution is 5.82. The minimum Gasteiger partial charge on any atom is -0.393 e. The maximum absolute atomic E-state index is 10.0. The molecule has 2 atom stereocenters. The highest BCUT2D eigenvalue weighted by Crippen LogP contribution is 2.28. The molecule has 90 valence electrons. The Labute approximate surface area is 102 Å². The topological polar surface area (TPSA) is 33.1 Å². The van der Waals surface area contributed by atoms with Crippen molar-refractivity contribution in [2.45, 2.75) is 39.2 Å². The summed E-state index contributed by atoms with van der Waals surface area (Å²) in [6.45, 7) is 6.09. The zero-order chi connectivity index (χ0) is 12.4. The molecule has 0 radical (unpaired) electrons. The van der Waals surface area contributed by atoms with Crippen molar-refractivity contribution < 1.29 is 5.11 Å². The number of hydrogen-bond donors (Lipinski definition) is 1. The van der Waals surface area contributed by atoms with Gasteiger partial charge in [-0.1, -0.05) is 32.0 Å². The summed E-state index contributed by atoms with van der Waals surface area (Å²) in [5.74, 6) is 0.145. The van der Waals surface area contributed by atoms with Crippen LogP contribution in [0.3, 0.4) is 0 Å². The first kappa shape index (κ1) is 12.1. The monoisotopic (exact) mass is 229 g/mol. The molecule has 0 aliphatic heterocycles. The molecule has 0 fully saturated rings. The van der Waals surface area contributed by atoms with Gasteiger partial charge in [0.15, 0.2) is 0 Å². The van der Waals surface area contributed by atoms with E-state index in [-0.39, 0.29) is 12.0 Å². The van der Waals surface area contributed by atoms with Gasteiger partial charge in [0.25, 0.3) is 0 Å². The lowest BCUT2D eigenvalue weighted by molar-refractivity contribution is 0.145. The van der Waals surface area contributed by atoms with Crippen LogP contribution < -0.4 is 0 Å². The van der Waals surface area contributed by atoms with Crippen LogP contribution in [0.25, 0.3) is 10.9 Å². The predicted octanol–water partition coefficient (Wildman–Crippen LogP) is 3.42. The van der Waals surface area contributed by atoms with Crippen LogP contribution >= 0.6 is 0 Å². The van der Waals surface area contributed by atoms with Gasteiger partial charge >= 0.3 is 0 Å². The number of para-hydroxylation sites is 1. The summed E-state index contributed by atoms with van der Waals surface area (Å²) in [7, 11) is 0. The minimum atomic E-state index is -0.291. The van der Waals surface area contributed by atoms with Crippen molar-refractivity contribution in [1.82, 2.24) is 4.98 Å². The van der Waals surface area contributed by atoms with Gasteiger partial charge in [-0.15, -0.1) is 0 Å². The number of aliphatic hydroxyl groups is 1. The first-order valence-corrected chi connectivity index (χ1v) is 6.17. The molecule has 2 rings (SSSR count). The van der Waals surface area contributed by atoms with E-state index < -0.39 is 0 Å². The summed E-state index contributed by atoms with van der Waals surface area (Å²) < 4.78 is 0. The molecule has 2 heteroatoms. The number of fused-ring (bicyclic) bond motifs is 1. The normalized spacial score (nSPS) is 14.8. The van der Waals surface area contributed by atoms with E-state index in [4.69, 9.17) is 0 Å². The van der Waals surface area contributed by atoms with Crippen LogP contribution in [0.5, 0.6) is 0 Å². The van der Waals surface area contributed by atoms with Gasteiger partial charge in [0, 0.05) is 17.0 Å². The van der Waals surface area contributed by atoms with Crippen molar-refractivity contribution in [2.75, 3.05) is 0 Å². The van der Waals surface area contributed by atoms with Crippen LogP contribution in [-0.2, 0) is 0 Å². The molecule has 0 amide bonds.